The van der Waals surface area contributed by atoms with E-state index in [2.05, 4.69) is 21.6 Å². The molecule has 10 nitrogen and oxygen atoms in total. The van der Waals surface area contributed by atoms with Crippen LogP contribution in [0.15, 0.2) is 16.6 Å². The zero-order valence-electron chi connectivity index (χ0n) is 21.7. The predicted molar refractivity (Wildman–Crippen MR) is 147 cm³/mol. The molecule has 0 radical (unpaired) electrons. The Kier molecular flexibility index (Phi) is 9.58. The fourth-order valence-electron chi connectivity index (χ4n) is 4.06. The molecule has 13 heteroatoms. The van der Waals surface area contributed by atoms with Gasteiger partial charge in [0.1, 0.15) is 9.88 Å². The first-order chi connectivity index (χ1) is 18.3. The number of carbonyl (C=O) groups is 3. The van der Waals surface area contributed by atoms with Gasteiger partial charge in [-0.2, -0.15) is 0 Å². The Morgan fingerprint density at radius 1 is 1.18 bits per heavy atom. The summed E-state index contributed by atoms with van der Waals surface area (Å²) in [6, 6.07) is 2.07. The number of aryl methyl sites for hydroxylation is 1. The Morgan fingerprint density at radius 3 is 2.61 bits per heavy atom. The molecule has 1 saturated heterocycles. The molecule has 4 rings (SSSR count). The SMILES string of the molecule is CCOC(=O)c1sc(NC(=O)CSc2nnc(-c3csc(C)c3)n2CC2CCCO2)c(C(=O)OCC)c1C. The first kappa shape index (κ1) is 28.3. The first-order valence-electron chi connectivity index (χ1n) is 12.3. The summed E-state index contributed by atoms with van der Waals surface area (Å²) in [6.07, 6.45) is 2.05. The van der Waals surface area contributed by atoms with Crippen molar-refractivity contribution < 1.29 is 28.6 Å². The monoisotopic (exact) mass is 578 g/mol. The molecule has 1 aliphatic heterocycles. The summed E-state index contributed by atoms with van der Waals surface area (Å²) in [4.78, 5) is 39.5. The topological polar surface area (TPSA) is 122 Å². The Hall–Kier alpha value is -2.74. The maximum absolute atomic E-state index is 13.0. The van der Waals surface area contributed by atoms with Gasteiger partial charge in [0.15, 0.2) is 11.0 Å². The van der Waals surface area contributed by atoms with Crippen LogP contribution in [0.1, 0.15) is 57.2 Å². The van der Waals surface area contributed by atoms with E-state index >= 15 is 0 Å². The van der Waals surface area contributed by atoms with Crippen molar-refractivity contribution in [3.05, 3.63) is 32.3 Å². The molecule has 3 aromatic rings. The number of hydrogen-bond acceptors (Lipinski definition) is 11. The van der Waals surface area contributed by atoms with Crippen LogP contribution in [-0.2, 0) is 25.5 Å². The molecule has 0 aliphatic carbocycles. The van der Waals surface area contributed by atoms with Crippen molar-refractivity contribution in [1.29, 1.82) is 0 Å². The summed E-state index contributed by atoms with van der Waals surface area (Å²) >= 11 is 3.90. The van der Waals surface area contributed by atoms with Crippen LogP contribution in [-0.4, -0.2) is 64.3 Å². The number of thioether (sulfide) groups is 1. The predicted octanol–water partition coefficient (Wildman–Crippen LogP) is 4.95. The number of amides is 1. The van der Waals surface area contributed by atoms with E-state index in [1.165, 1.54) is 16.6 Å². The number of nitrogens with zero attached hydrogens (tertiary/aromatic N) is 3. The van der Waals surface area contributed by atoms with Gasteiger partial charge >= 0.3 is 11.9 Å². The molecule has 1 atom stereocenters. The van der Waals surface area contributed by atoms with Gasteiger partial charge in [-0.1, -0.05) is 11.8 Å². The first-order valence-corrected chi connectivity index (χ1v) is 15.0. The van der Waals surface area contributed by atoms with Crippen LogP contribution in [0.4, 0.5) is 5.00 Å². The molecule has 1 N–H and O–H groups in total. The van der Waals surface area contributed by atoms with Crippen LogP contribution in [0, 0.1) is 13.8 Å². The number of thiophene rings is 2. The highest BCUT2D eigenvalue weighted by Gasteiger charge is 2.28. The van der Waals surface area contributed by atoms with Gasteiger partial charge in [0.2, 0.25) is 5.91 Å². The highest BCUT2D eigenvalue weighted by Crippen LogP contribution is 2.35. The second kappa shape index (κ2) is 12.9. The van der Waals surface area contributed by atoms with Gasteiger partial charge in [-0.25, -0.2) is 9.59 Å². The summed E-state index contributed by atoms with van der Waals surface area (Å²) in [5.41, 5.74) is 1.56. The van der Waals surface area contributed by atoms with Gasteiger partial charge in [0.05, 0.1) is 37.2 Å². The van der Waals surface area contributed by atoms with Crippen LogP contribution < -0.4 is 5.32 Å². The van der Waals surface area contributed by atoms with Gasteiger partial charge in [-0.15, -0.1) is 32.9 Å². The molecular weight excluding hydrogens is 548 g/mol. The lowest BCUT2D eigenvalue weighted by Crippen LogP contribution is -2.18. The number of rotatable bonds is 11. The number of nitrogens with one attached hydrogen (secondary N) is 1. The van der Waals surface area contributed by atoms with Crippen molar-refractivity contribution >= 4 is 57.3 Å². The minimum absolute atomic E-state index is 0.0281. The fraction of sp³-hybridized carbons (Fsp3) is 0.480. The lowest BCUT2D eigenvalue weighted by Gasteiger charge is -2.14. The molecule has 0 saturated carbocycles. The highest BCUT2D eigenvalue weighted by molar-refractivity contribution is 7.99. The van der Waals surface area contributed by atoms with E-state index in [4.69, 9.17) is 14.2 Å². The molecule has 0 spiro atoms. The molecular formula is C25H30N4O6S3. The third kappa shape index (κ3) is 6.45. The minimum Gasteiger partial charge on any atom is -0.462 e. The van der Waals surface area contributed by atoms with Gasteiger partial charge in [0, 0.05) is 22.4 Å². The Labute approximate surface area is 233 Å². The van der Waals surface area contributed by atoms with E-state index in [1.54, 1.807) is 32.1 Å². The Balaban J connectivity index is 1.52. The lowest BCUT2D eigenvalue weighted by atomic mass is 10.1. The zero-order chi connectivity index (χ0) is 27.2. The van der Waals surface area contributed by atoms with E-state index in [1.807, 2.05) is 16.9 Å². The number of aromatic nitrogens is 3. The summed E-state index contributed by atoms with van der Waals surface area (Å²) in [7, 11) is 0. The van der Waals surface area contributed by atoms with Crippen LogP contribution in [0.2, 0.25) is 0 Å². The van der Waals surface area contributed by atoms with Crippen LogP contribution in [0.5, 0.6) is 0 Å². The van der Waals surface area contributed by atoms with Crippen molar-refractivity contribution in [2.45, 2.75) is 58.3 Å². The second-order valence-electron chi connectivity index (χ2n) is 8.54. The summed E-state index contributed by atoms with van der Waals surface area (Å²) < 4.78 is 18.1. The summed E-state index contributed by atoms with van der Waals surface area (Å²) in [5, 5.41) is 14.5. The average molecular weight is 579 g/mol. The molecule has 1 fully saturated rings. The number of ether oxygens (including phenoxy) is 3. The van der Waals surface area contributed by atoms with Crippen molar-refractivity contribution in [3.8, 4) is 11.4 Å². The smallest absolute Gasteiger partial charge is 0.348 e. The van der Waals surface area contributed by atoms with E-state index in [0.29, 0.717) is 17.3 Å². The third-order valence-electron chi connectivity index (χ3n) is 5.79. The van der Waals surface area contributed by atoms with Crippen molar-refractivity contribution in [3.63, 3.8) is 0 Å². The van der Waals surface area contributed by atoms with Crippen molar-refractivity contribution in [2.24, 2.45) is 0 Å². The summed E-state index contributed by atoms with van der Waals surface area (Å²) in [6.45, 7) is 8.78. The standard InChI is InChI=1S/C25H30N4O6S3/c1-5-33-23(31)19-15(4)20(24(32)34-6-2)38-22(19)26-18(30)13-37-25-28-27-21(16-10-14(3)36-12-16)29(25)11-17-8-7-9-35-17/h10,12,17H,5-9,11,13H2,1-4H3,(H,26,30). The quantitative estimate of drug-likeness (QED) is 0.249. The van der Waals surface area contributed by atoms with E-state index in [-0.39, 0.29) is 46.4 Å². The van der Waals surface area contributed by atoms with Crippen LogP contribution in [0.3, 0.4) is 0 Å². The number of carbonyl (C=O) groups excluding carboxylic acids is 3. The van der Waals surface area contributed by atoms with E-state index in [9.17, 15) is 14.4 Å². The molecule has 1 amide bonds. The summed E-state index contributed by atoms with van der Waals surface area (Å²) in [5.74, 6) is -0.733. The van der Waals surface area contributed by atoms with Gasteiger partial charge in [0.25, 0.3) is 0 Å². The molecule has 3 aromatic heterocycles. The molecule has 1 unspecified atom stereocenters. The Morgan fingerprint density at radius 2 is 1.95 bits per heavy atom. The Bertz CT molecular complexity index is 1310. The van der Waals surface area contributed by atoms with Crippen LogP contribution in [0.25, 0.3) is 11.4 Å². The van der Waals surface area contributed by atoms with E-state index in [0.717, 1.165) is 42.2 Å². The number of anilines is 1. The second-order valence-corrected chi connectivity index (χ2v) is 11.6. The normalized spacial score (nSPS) is 15.0. The maximum Gasteiger partial charge on any atom is 0.348 e. The fourth-order valence-corrected chi connectivity index (χ4v) is 6.60. The van der Waals surface area contributed by atoms with E-state index < -0.39 is 11.9 Å². The van der Waals surface area contributed by atoms with Gasteiger partial charge in [-0.3, -0.25) is 9.36 Å². The zero-order valence-corrected chi connectivity index (χ0v) is 24.1. The van der Waals surface area contributed by atoms with Crippen LogP contribution >= 0.6 is 34.4 Å². The lowest BCUT2D eigenvalue weighted by molar-refractivity contribution is -0.113. The van der Waals surface area contributed by atoms with Crippen molar-refractivity contribution in [2.75, 3.05) is 30.9 Å². The molecule has 0 bridgehead atoms. The minimum atomic E-state index is -0.605. The largest absolute Gasteiger partial charge is 0.462 e. The van der Waals surface area contributed by atoms with Gasteiger partial charge < -0.3 is 19.5 Å². The average Bonchev–Trinajstić information content (AvgIpc) is 3.67. The molecule has 38 heavy (non-hydrogen) atoms. The van der Waals surface area contributed by atoms with Crippen molar-refractivity contribution in [1.82, 2.24) is 14.8 Å². The maximum atomic E-state index is 13.0. The number of esters is 2. The number of hydrogen-bond donors (Lipinski definition) is 1. The van der Waals surface area contributed by atoms with Gasteiger partial charge in [-0.05, 0) is 52.2 Å². The molecule has 1 aliphatic rings. The third-order valence-corrected chi connectivity index (χ3v) is 8.80. The molecule has 4 heterocycles. The highest BCUT2D eigenvalue weighted by atomic mass is 32.2. The molecule has 204 valence electrons. The molecule has 0 aromatic carbocycles.